The van der Waals surface area contributed by atoms with Crippen LogP contribution < -0.4 is 0 Å². The number of aryl methyl sites for hydroxylation is 1. The summed E-state index contributed by atoms with van der Waals surface area (Å²) in [5, 5.41) is 0.580. The van der Waals surface area contributed by atoms with Crippen molar-refractivity contribution in [3.8, 4) is 0 Å². The Bertz CT molecular complexity index is 436. The Balaban J connectivity index is 3.06. The van der Waals surface area contributed by atoms with E-state index in [2.05, 4.69) is 72.4 Å². The van der Waals surface area contributed by atoms with Gasteiger partial charge in [-0.2, -0.15) is 0 Å². The van der Waals surface area contributed by atoms with Crippen LogP contribution in [0.25, 0.3) is 5.57 Å². The Hall–Kier alpha value is -0.690. The Labute approximate surface area is 135 Å². The second-order valence-corrected chi connectivity index (χ2v) is 9.55. The summed E-state index contributed by atoms with van der Waals surface area (Å²) >= 11 is 0. The summed E-state index contributed by atoms with van der Waals surface area (Å²) in [4.78, 5) is 0. The molecule has 1 aromatic rings. The molecule has 1 heteroatoms. The molecule has 0 heterocycles. The average molecular weight is 306 g/mol. The smallest absolute Gasteiger partial charge is 0.0902 e. The van der Waals surface area contributed by atoms with Crippen LogP contribution in [0.2, 0.25) is 0 Å². The van der Waals surface area contributed by atoms with E-state index in [9.17, 15) is 0 Å². The van der Waals surface area contributed by atoms with Crippen LogP contribution in [0.4, 0.5) is 0 Å². The van der Waals surface area contributed by atoms with Gasteiger partial charge in [-0.1, -0.05) is 70.5 Å². The van der Waals surface area contributed by atoms with E-state index in [4.69, 9.17) is 0 Å². The maximum atomic E-state index is 4.51. The van der Waals surface area contributed by atoms with Crippen LogP contribution >= 0.6 is 0 Å². The van der Waals surface area contributed by atoms with Crippen molar-refractivity contribution in [3.63, 3.8) is 0 Å². The van der Waals surface area contributed by atoms with Crippen molar-refractivity contribution in [2.45, 2.75) is 59.6 Å². The molecule has 0 aliphatic rings. The summed E-state index contributed by atoms with van der Waals surface area (Å²) in [6.45, 7) is 18.4. The first-order valence-corrected chi connectivity index (χ1v) is 9.86. The van der Waals surface area contributed by atoms with E-state index in [1.54, 1.807) is 0 Å². The van der Waals surface area contributed by atoms with E-state index in [0.29, 0.717) is 16.1 Å². The van der Waals surface area contributed by atoms with Crippen molar-refractivity contribution >= 4 is 16.5 Å². The van der Waals surface area contributed by atoms with Crippen LogP contribution in [0, 0.1) is 12.3 Å². The number of hydrogen-bond donors (Lipinski definition) is 0. The van der Waals surface area contributed by atoms with Gasteiger partial charge in [0, 0.05) is 11.0 Å². The third-order valence-corrected chi connectivity index (χ3v) is 7.20. The molecule has 0 aromatic heterocycles. The molecular weight excluding hydrogens is 272 g/mol. The maximum Gasteiger partial charge on any atom is 0.148 e. The molecule has 0 saturated heterocycles. The molecule has 21 heavy (non-hydrogen) atoms. The quantitative estimate of drug-likeness (QED) is 0.553. The first-order chi connectivity index (χ1) is 9.81. The van der Waals surface area contributed by atoms with Gasteiger partial charge in [0.2, 0.25) is 0 Å². The van der Waals surface area contributed by atoms with Crippen molar-refractivity contribution in [3.05, 3.63) is 42.0 Å². The fraction of sp³-hybridized carbons (Fsp3) is 0.600. The minimum Gasteiger partial charge on any atom is -0.0902 e. The number of rotatable bonds is 7. The molecule has 0 fully saturated rings. The summed E-state index contributed by atoms with van der Waals surface area (Å²) in [5.74, 6) is 2.62. The predicted octanol–water partition coefficient (Wildman–Crippen LogP) is 5.86. The van der Waals surface area contributed by atoms with E-state index < -0.39 is 0 Å². The van der Waals surface area contributed by atoms with Crippen molar-refractivity contribution in [1.29, 1.82) is 0 Å². The van der Waals surface area contributed by atoms with Crippen molar-refractivity contribution in [2.24, 2.45) is 5.41 Å². The standard InChI is InChI=1S/C20H33S/c1-8-10-15-21(9-2)19(20(5,6)7)17(4)18-13-11-16(3)12-14-18/h11-14,19H,4,8-10,15H2,1-3,5-7H3/q+1. The predicted molar refractivity (Wildman–Crippen MR) is 101 cm³/mol. The van der Waals surface area contributed by atoms with E-state index in [1.165, 1.54) is 41.0 Å². The zero-order valence-electron chi connectivity index (χ0n) is 14.8. The fourth-order valence-corrected chi connectivity index (χ4v) is 5.96. The van der Waals surface area contributed by atoms with Gasteiger partial charge in [0.15, 0.2) is 0 Å². The minimum atomic E-state index is 0.273. The topological polar surface area (TPSA) is 0 Å². The summed E-state index contributed by atoms with van der Waals surface area (Å²) in [5.41, 5.74) is 4.25. The van der Waals surface area contributed by atoms with Crippen LogP contribution in [0.1, 0.15) is 58.6 Å². The lowest BCUT2D eigenvalue weighted by molar-refractivity contribution is 0.436. The lowest BCUT2D eigenvalue weighted by Crippen LogP contribution is -2.38. The zero-order chi connectivity index (χ0) is 16.0. The monoisotopic (exact) mass is 305 g/mol. The van der Waals surface area contributed by atoms with E-state index in [0.717, 1.165) is 0 Å². The first kappa shape index (κ1) is 18.4. The van der Waals surface area contributed by atoms with E-state index in [1.807, 2.05) is 0 Å². The molecule has 1 rings (SSSR count). The second-order valence-electron chi connectivity index (χ2n) is 7.02. The van der Waals surface area contributed by atoms with Gasteiger partial charge in [-0.3, -0.25) is 0 Å². The van der Waals surface area contributed by atoms with Crippen LogP contribution in [0.5, 0.6) is 0 Å². The van der Waals surface area contributed by atoms with Gasteiger partial charge in [-0.15, -0.1) is 0 Å². The van der Waals surface area contributed by atoms with E-state index in [-0.39, 0.29) is 5.41 Å². The highest BCUT2D eigenvalue weighted by Gasteiger charge is 2.40. The third kappa shape index (κ3) is 5.21. The van der Waals surface area contributed by atoms with Gasteiger partial charge in [-0.25, -0.2) is 0 Å². The molecule has 0 saturated carbocycles. The Kier molecular flexibility index (Phi) is 7.06. The molecule has 0 nitrogen and oxygen atoms in total. The number of hydrogen-bond acceptors (Lipinski definition) is 0. The van der Waals surface area contributed by atoms with Crippen molar-refractivity contribution in [1.82, 2.24) is 0 Å². The molecule has 2 atom stereocenters. The van der Waals surface area contributed by atoms with Crippen LogP contribution in [0.15, 0.2) is 30.8 Å². The first-order valence-electron chi connectivity index (χ1n) is 8.23. The molecule has 0 aliphatic heterocycles. The molecule has 0 radical (unpaired) electrons. The molecule has 0 N–H and O–H groups in total. The molecule has 0 amide bonds. The van der Waals surface area contributed by atoms with Crippen LogP contribution in [-0.2, 0) is 10.9 Å². The van der Waals surface area contributed by atoms with Crippen molar-refractivity contribution < 1.29 is 0 Å². The highest BCUT2D eigenvalue weighted by atomic mass is 32.2. The van der Waals surface area contributed by atoms with Gasteiger partial charge < -0.3 is 0 Å². The van der Waals surface area contributed by atoms with Gasteiger partial charge in [-0.05, 0) is 36.7 Å². The zero-order valence-corrected chi connectivity index (χ0v) is 15.6. The van der Waals surface area contributed by atoms with Gasteiger partial charge in [0.05, 0.1) is 0 Å². The maximum absolute atomic E-state index is 4.51. The number of benzene rings is 1. The second kappa shape index (κ2) is 8.08. The third-order valence-electron chi connectivity index (χ3n) is 3.99. The van der Waals surface area contributed by atoms with Gasteiger partial charge >= 0.3 is 0 Å². The van der Waals surface area contributed by atoms with Gasteiger partial charge in [0.1, 0.15) is 16.8 Å². The number of unbranched alkanes of at least 4 members (excludes halogenated alkanes) is 1. The average Bonchev–Trinajstić information content (AvgIpc) is 2.42. The van der Waals surface area contributed by atoms with Gasteiger partial charge in [0.25, 0.3) is 0 Å². The van der Waals surface area contributed by atoms with Crippen LogP contribution in [0.3, 0.4) is 0 Å². The highest BCUT2D eigenvalue weighted by Crippen LogP contribution is 2.37. The lowest BCUT2D eigenvalue weighted by atomic mass is 9.85. The fourth-order valence-electron chi connectivity index (χ4n) is 2.90. The lowest BCUT2D eigenvalue weighted by Gasteiger charge is -2.32. The SMILES string of the molecule is C=C(c1ccc(C)cc1)C([S+](CC)CCCC)C(C)(C)C. The Morgan fingerprint density at radius 3 is 2.14 bits per heavy atom. The Morgan fingerprint density at radius 2 is 1.71 bits per heavy atom. The van der Waals surface area contributed by atoms with Crippen molar-refractivity contribution in [2.75, 3.05) is 11.5 Å². The highest BCUT2D eigenvalue weighted by molar-refractivity contribution is 7.97. The molecule has 2 unspecified atom stereocenters. The van der Waals surface area contributed by atoms with E-state index >= 15 is 0 Å². The molecule has 0 bridgehead atoms. The summed E-state index contributed by atoms with van der Waals surface area (Å²) in [7, 11) is 0.426. The minimum absolute atomic E-state index is 0.273. The molecule has 118 valence electrons. The summed E-state index contributed by atoms with van der Waals surface area (Å²) < 4.78 is 0. The molecule has 0 aliphatic carbocycles. The molecule has 1 aromatic carbocycles. The molecule has 0 spiro atoms. The molecular formula is C20H33S+. The summed E-state index contributed by atoms with van der Waals surface area (Å²) in [6, 6.07) is 8.90. The summed E-state index contributed by atoms with van der Waals surface area (Å²) in [6.07, 6.45) is 2.63. The largest absolute Gasteiger partial charge is 0.148 e. The Morgan fingerprint density at radius 1 is 1.14 bits per heavy atom. The van der Waals surface area contributed by atoms with Crippen LogP contribution in [-0.4, -0.2) is 16.8 Å². The normalized spacial score (nSPS) is 14.8.